The van der Waals surface area contributed by atoms with Crippen LogP contribution >= 0.6 is 0 Å². The van der Waals surface area contributed by atoms with E-state index in [1.54, 1.807) is 19.1 Å². The summed E-state index contributed by atoms with van der Waals surface area (Å²) in [5.74, 6) is -0.487. The molecule has 0 atom stereocenters. The molecule has 0 spiro atoms. The number of nitrogens with two attached hydrogens (primary N) is 1. The molecule has 0 aliphatic heterocycles. The zero-order chi connectivity index (χ0) is 15.6. The summed E-state index contributed by atoms with van der Waals surface area (Å²) in [5.41, 5.74) is 8.11. The Morgan fingerprint density at radius 2 is 1.86 bits per heavy atom. The summed E-state index contributed by atoms with van der Waals surface area (Å²) in [6, 6.07) is 8.78. The van der Waals surface area contributed by atoms with Crippen LogP contribution in [-0.4, -0.2) is 8.42 Å². The number of nitrogens with one attached hydrogen (secondary N) is 1. The second-order valence-electron chi connectivity index (χ2n) is 4.92. The van der Waals surface area contributed by atoms with E-state index in [1.807, 2.05) is 6.92 Å². The Morgan fingerprint density at radius 3 is 2.48 bits per heavy atom. The second kappa shape index (κ2) is 5.83. The highest BCUT2D eigenvalue weighted by atomic mass is 32.2. The van der Waals surface area contributed by atoms with Crippen molar-refractivity contribution < 1.29 is 12.8 Å². The van der Waals surface area contributed by atoms with Crippen molar-refractivity contribution in [2.24, 2.45) is 5.73 Å². The molecule has 2 aromatic carbocycles. The molecule has 0 aromatic heterocycles. The molecule has 21 heavy (non-hydrogen) atoms. The van der Waals surface area contributed by atoms with Crippen LogP contribution < -0.4 is 10.5 Å². The Morgan fingerprint density at radius 1 is 1.14 bits per heavy atom. The lowest BCUT2D eigenvalue weighted by molar-refractivity contribution is 0.601. The number of rotatable bonds is 4. The molecule has 2 aromatic rings. The largest absolute Gasteiger partial charge is 0.326 e. The third kappa shape index (κ3) is 3.59. The van der Waals surface area contributed by atoms with Gasteiger partial charge < -0.3 is 5.73 Å². The Hall–Kier alpha value is -1.92. The molecule has 0 fully saturated rings. The lowest BCUT2D eigenvalue weighted by atomic mass is 10.1. The predicted molar refractivity (Wildman–Crippen MR) is 81.0 cm³/mol. The Balaban J connectivity index is 2.38. The summed E-state index contributed by atoms with van der Waals surface area (Å²) >= 11 is 0. The average molecular weight is 308 g/mol. The first kappa shape index (κ1) is 15.5. The number of sulfonamides is 1. The molecule has 0 aliphatic rings. The van der Waals surface area contributed by atoms with E-state index in [0.29, 0.717) is 5.56 Å². The van der Waals surface area contributed by atoms with Gasteiger partial charge in [0, 0.05) is 6.54 Å². The molecule has 0 heterocycles. The molecule has 112 valence electrons. The highest BCUT2D eigenvalue weighted by Crippen LogP contribution is 2.20. The highest BCUT2D eigenvalue weighted by Gasteiger charge is 2.16. The first-order valence-corrected chi connectivity index (χ1v) is 7.90. The van der Waals surface area contributed by atoms with Crippen molar-refractivity contribution >= 4 is 15.7 Å². The summed E-state index contributed by atoms with van der Waals surface area (Å²) in [4.78, 5) is 0.107. The van der Waals surface area contributed by atoms with Crippen molar-refractivity contribution in [3.05, 3.63) is 58.9 Å². The summed E-state index contributed by atoms with van der Waals surface area (Å²) in [7, 11) is -3.77. The zero-order valence-corrected chi connectivity index (χ0v) is 12.7. The van der Waals surface area contributed by atoms with Crippen molar-refractivity contribution in [2.45, 2.75) is 25.3 Å². The first-order chi connectivity index (χ1) is 9.81. The van der Waals surface area contributed by atoms with Crippen LogP contribution in [0.1, 0.15) is 16.7 Å². The van der Waals surface area contributed by atoms with Crippen molar-refractivity contribution in [3.63, 3.8) is 0 Å². The van der Waals surface area contributed by atoms with E-state index < -0.39 is 15.8 Å². The second-order valence-corrected chi connectivity index (χ2v) is 6.60. The molecule has 0 amide bonds. The average Bonchev–Trinajstić information content (AvgIpc) is 2.37. The van der Waals surface area contributed by atoms with Crippen LogP contribution in [0.3, 0.4) is 0 Å². The number of aryl methyl sites for hydroxylation is 2. The normalized spacial score (nSPS) is 11.4. The molecule has 2 rings (SSSR count). The smallest absolute Gasteiger partial charge is 0.261 e. The Kier molecular flexibility index (Phi) is 4.29. The van der Waals surface area contributed by atoms with Gasteiger partial charge in [-0.25, -0.2) is 12.8 Å². The van der Waals surface area contributed by atoms with E-state index in [4.69, 9.17) is 5.73 Å². The van der Waals surface area contributed by atoms with Crippen LogP contribution in [0.25, 0.3) is 0 Å². The quantitative estimate of drug-likeness (QED) is 0.912. The number of benzene rings is 2. The minimum atomic E-state index is -3.77. The topological polar surface area (TPSA) is 72.2 Å². The van der Waals surface area contributed by atoms with Gasteiger partial charge in [-0.1, -0.05) is 6.07 Å². The molecule has 0 bridgehead atoms. The van der Waals surface area contributed by atoms with Crippen molar-refractivity contribution in [1.29, 1.82) is 0 Å². The van der Waals surface area contributed by atoms with Gasteiger partial charge in [0.15, 0.2) is 0 Å². The van der Waals surface area contributed by atoms with E-state index in [2.05, 4.69) is 4.72 Å². The molecular formula is C15H17FN2O2S. The SMILES string of the molecule is Cc1cc(F)cc(NS(=O)(=O)c2ccc(C)c(CN)c2)c1. The van der Waals surface area contributed by atoms with Gasteiger partial charge in [0.2, 0.25) is 0 Å². The molecule has 0 aliphatic carbocycles. The van der Waals surface area contributed by atoms with Gasteiger partial charge in [0.25, 0.3) is 10.0 Å². The van der Waals surface area contributed by atoms with E-state index in [0.717, 1.165) is 17.2 Å². The van der Waals surface area contributed by atoms with Crippen LogP contribution in [0.15, 0.2) is 41.3 Å². The van der Waals surface area contributed by atoms with E-state index in [1.165, 1.54) is 18.2 Å². The minimum Gasteiger partial charge on any atom is -0.326 e. The Labute approximate surface area is 123 Å². The fourth-order valence-electron chi connectivity index (χ4n) is 2.04. The van der Waals surface area contributed by atoms with Gasteiger partial charge in [-0.05, 0) is 60.9 Å². The maximum atomic E-state index is 13.3. The van der Waals surface area contributed by atoms with Crippen LogP contribution in [0, 0.1) is 19.7 Å². The molecule has 6 heteroatoms. The monoisotopic (exact) mass is 308 g/mol. The van der Waals surface area contributed by atoms with E-state index in [9.17, 15) is 12.8 Å². The van der Waals surface area contributed by atoms with E-state index >= 15 is 0 Å². The van der Waals surface area contributed by atoms with Gasteiger partial charge in [0.1, 0.15) is 5.82 Å². The summed E-state index contributed by atoms with van der Waals surface area (Å²) in [5, 5.41) is 0. The number of hydrogen-bond donors (Lipinski definition) is 2. The third-order valence-electron chi connectivity index (χ3n) is 3.15. The minimum absolute atomic E-state index is 0.107. The van der Waals surface area contributed by atoms with E-state index in [-0.39, 0.29) is 17.1 Å². The highest BCUT2D eigenvalue weighted by molar-refractivity contribution is 7.92. The van der Waals surface area contributed by atoms with Crippen LogP contribution in [-0.2, 0) is 16.6 Å². The molecule has 0 radical (unpaired) electrons. The fraction of sp³-hybridized carbons (Fsp3) is 0.200. The lowest BCUT2D eigenvalue weighted by Crippen LogP contribution is -2.14. The zero-order valence-electron chi connectivity index (χ0n) is 11.9. The van der Waals surface area contributed by atoms with Crippen molar-refractivity contribution in [3.8, 4) is 0 Å². The van der Waals surface area contributed by atoms with Crippen LogP contribution in [0.5, 0.6) is 0 Å². The standard InChI is InChI=1S/C15H17FN2O2S/c1-10-5-13(16)8-14(6-10)18-21(19,20)15-4-3-11(2)12(7-15)9-17/h3-8,18H,9,17H2,1-2H3. The first-order valence-electron chi connectivity index (χ1n) is 6.41. The summed E-state index contributed by atoms with van der Waals surface area (Å²) in [6.45, 7) is 3.81. The fourth-order valence-corrected chi connectivity index (χ4v) is 3.13. The molecule has 0 saturated carbocycles. The molecule has 3 N–H and O–H groups in total. The molecule has 4 nitrogen and oxygen atoms in total. The van der Waals surface area contributed by atoms with Gasteiger partial charge in [0.05, 0.1) is 10.6 Å². The third-order valence-corrected chi connectivity index (χ3v) is 4.52. The number of anilines is 1. The van der Waals surface area contributed by atoms with Gasteiger partial charge in [-0.2, -0.15) is 0 Å². The predicted octanol–water partition coefficient (Wildman–Crippen LogP) is 2.70. The number of hydrogen-bond acceptors (Lipinski definition) is 3. The van der Waals surface area contributed by atoms with Crippen molar-refractivity contribution in [2.75, 3.05) is 4.72 Å². The van der Waals surface area contributed by atoms with Gasteiger partial charge in [-0.15, -0.1) is 0 Å². The van der Waals surface area contributed by atoms with Crippen LogP contribution in [0.2, 0.25) is 0 Å². The van der Waals surface area contributed by atoms with Crippen LogP contribution in [0.4, 0.5) is 10.1 Å². The maximum absolute atomic E-state index is 13.3. The summed E-state index contributed by atoms with van der Waals surface area (Å²) < 4.78 is 40.4. The number of halogens is 1. The summed E-state index contributed by atoms with van der Waals surface area (Å²) in [6.07, 6.45) is 0. The molecular weight excluding hydrogens is 291 g/mol. The molecule has 0 unspecified atom stereocenters. The molecule has 0 saturated heterocycles. The Bertz CT molecular complexity index is 753. The van der Waals surface area contributed by atoms with Crippen molar-refractivity contribution in [1.82, 2.24) is 0 Å². The lowest BCUT2D eigenvalue weighted by Gasteiger charge is -2.11. The maximum Gasteiger partial charge on any atom is 0.261 e. The van der Waals surface area contributed by atoms with Gasteiger partial charge in [-0.3, -0.25) is 4.72 Å². The van der Waals surface area contributed by atoms with Gasteiger partial charge >= 0.3 is 0 Å².